The minimum absolute atomic E-state index is 0.703. The number of thiophene rings is 1. The zero-order valence-electron chi connectivity index (χ0n) is 10.8. The molecule has 1 saturated heterocycles. The number of nitrogens with one attached hydrogen (secondary N) is 2. The van der Waals surface area contributed by atoms with Crippen LogP contribution in [0.2, 0.25) is 0 Å². The van der Waals surface area contributed by atoms with E-state index in [0.29, 0.717) is 5.92 Å². The summed E-state index contributed by atoms with van der Waals surface area (Å²) in [4.78, 5) is 2.56. The molecule has 1 aliphatic rings. The molecule has 0 radical (unpaired) electrons. The third-order valence-electron chi connectivity index (χ3n) is 3.25. The van der Waals surface area contributed by atoms with E-state index in [0.717, 1.165) is 19.6 Å². The first kappa shape index (κ1) is 12.9. The van der Waals surface area contributed by atoms with Gasteiger partial charge < -0.3 is 15.5 Å². The zero-order valence-corrected chi connectivity index (χ0v) is 11.6. The van der Waals surface area contributed by atoms with Crippen LogP contribution >= 0.6 is 11.3 Å². The second-order valence-electron chi connectivity index (χ2n) is 4.97. The Morgan fingerprint density at radius 1 is 1.47 bits per heavy atom. The van der Waals surface area contributed by atoms with E-state index in [4.69, 9.17) is 0 Å². The van der Waals surface area contributed by atoms with Gasteiger partial charge in [-0.1, -0.05) is 6.92 Å². The van der Waals surface area contributed by atoms with Crippen LogP contribution < -0.4 is 10.6 Å². The maximum absolute atomic E-state index is 3.56. The average molecular weight is 253 g/mol. The van der Waals surface area contributed by atoms with Crippen LogP contribution in [-0.4, -0.2) is 44.2 Å². The van der Waals surface area contributed by atoms with E-state index in [1.54, 1.807) is 11.3 Å². The number of anilines is 1. The number of nitrogens with zero attached hydrogens (tertiary/aromatic N) is 1. The highest BCUT2D eigenvalue weighted by Gasteiger charge is 2.13. The van der Waals surface area contributed by atoms with Crippen LogP contribution in [0, 0.1) is 12.8 Å². The molecule has 2 heterocycles. The van der Waals surface area contributed by atoms with Crippen molar-refractivity contribution in [3.63, 3.8) is 0 Å². The van der Waals surface area contributed by atoms with E-state index < -0.39 is 0 Å². The molecule has 4 heteroatoms. The number of hydrogen-bond donors (Lipinski definition) is 2. The molecule has 1 fully saturated rings. The van der Waals surface area contributed by atoms with Gasteiger partial charge in [0.1, 0.15) is 0 Å². The van der Waals surface area contributed by atoms with Crippen molar-refractivity contribution in [2.24, 2.45) is 5.92 Å². The van der Waals surface area contributed by atoms with E-state index in [1.165, 1.54) is 30.2 Å². The van der Waals surface area contributed by atoms with Crippen molar-refractivity contribution >= 4 is 16.3 Å². The molecular formula is C13H23N3S. The van der Waals surface area contributed by atoms with Gasteiger partial charge in [-0.05, 0) is 29.9 Å². The van der Waals surface area contributed by atoms with Gasteiger partial charge in [0.05, 0.1) is 5.00 Å². The Hall–Kier alpha value is -0.580. The average Bonchev–Trinajstić information content (AvgIpc) is 2.74. The number of piperazine rings is 1. The molecule has 1 aliphatic heterocycles. The summed E-state index contributed by atoms with van der Waals surface area (Å²) in [6, 6.07) is 2.17. The van der Waals surface area contributed by atoms with Crippen molar-refractivity contribution in [2.75, 3.05) is 44.6 Å². The van der Waals surface area contributed by atoms with E-state index in [9.17, 15) is 0 Å². The Kier molecular flexibility index (Phi) is 4.83. The third kappa shape index (κ3) is 3.98. The van der Waals surface area contributed by atoms with Gasteiger partial charge in [0.2, 0.25) is 0 Å². The maximum Gasteiger partial charge on any atom is 0.0912 e. The minimum atomic E-state index is 0.703. The molecule has 0 amide bonds. The monoisotopic (exact) mass is 253 g/mol. The van der Waals surface area contributed by atoms with Crippen molar-refractivity contribution in [2.45, 2.75) is 13.8 Å². The van der Waals surface area contributed by atoms with Gasteiger partial charge in [-0.25, -0.2) is 0 Å². The lowest BCUT2D eigenvalue weighted by Gasteiger charge is -2.29. The fourth-order valence-corrected chi connectivity index (χ4v) is 3.05. The zero-order chi connectivity index (χ0) is 12.1. The first-order chi connectivity index (χ1) is 8.25. The SMILES string of the molecule is Cc1ccsc1NCC(C)CN1CCNCC1. The molecule has 17 heavy (non-hydrogen) atoms. The van der Waals surface area contributed by atoms with Crippen LogP contribution in [0.3, 0.4) is 0 Å². The van der Waals surface area contributed by atoms with E-state index in [-0.39, 0.29) is 0 Å². The lowest BCUT2D eigenvalue weighted by Crippen LogP contribution is -2.45. The second kappa shape index (κ2) is 6.38. The lowest BCUT2D eigenvalue weighted by molar-refractivity contribution is 0.215. The summed E-state index contributed by atoms with van der Waals surface area (Å²) in [5, 5.41) is 10.4. The van der Waals surface area contributed by atoms with Gasteiger partial charge in [0, 0.05) is 39.3 Å². The van der Waals surface area contributed by atoms with Crippen LogP contribution in [0.25, 0.3) is 0 Å². The Bertz CT molecular complexity index is 331. The minimum Gasteiger partial charge on any atom is -0.376 e. The topological polar surface area (TPSA) is 27.3 Å². The van der Waals surface area contributed by atoms with Gasteiger partial charge >= 0.3 is 0 Å². The quantitative estimate of drug-likeness (QED) is 0.840. The smallest absolute Gasteiger partial charge is 0.0912 e. The number of rotatable bonds is 5. The lowest BCUT2D eigenvalue weighted by atomic mass is 10.1. The largest absolute Gasteiger partial charge is 0.376 e. The van der Waals surface area contributed by atoms with Crippen LogP contribution in [0.5, 0.6) is 0 Å². The summed E-state index contributed by atoms with van der Waals surface area (Å²) >= 11 is 1.80. The Labute approximate surface area is 108 Å². The third-order valence-corrected chi connectivity index (χ3v) is 4.23. The molecule has 1 aromatic heterocycles. The molecule has 0 bridgehead atoms. The van der Waals surface area contributed by atoms with E-state index in [2.05, 4.69) is 40.8 Å². The Balaban J connectivity index is 1.70. The molecule has 1 unspecified atom stereocenters. The molecule has 2 rings (SSSR count). The standard InChI is InChI=1S/C13H23N3S/c1-11(10-16-6-4-14-5-7-16)9-15-13-12(2)3-8-17-13/h3,8,11,14-15H,4-7,9-10H2,1-2H3. The van der Waals surface area contributed by atoms with Crippen molar-refractivity contribution in [3.05, 3.63) is 17.0 Å². The van der Waals surface area contributed by atoms with Crippen LogP contribution in [0.1, 0.15) is 12.5 Å². The van der Waals surface area contributed by atoms with Crippen LogP contribution in [0.15, 0.2) is 11.4 Å². The molecular weight excluding hydrogens is 230 g/mol. The van der Waals surface area contributed by atoms with Crippen molar-refractivity contribution in [1.29, 1.82) is 0 Å². The molecule has 1 atom stereocenters. The molecule has 0 saturated carbocycles. The van der Waals surface area contributed by atoms with Crippen LogP contribution in [-0.2, 0) is 0 Å². The summed E-state index contributed by atoms with van der Waals surface area (Å²) in [5.41, 5.74) is 1.37. The maximum atomic E-state index is 3.56. The van der Waals surface area contributed by atoms with E-state index in [1.807, 2.05) is 0 Å². The normalized spacial score (nSPS) is 19.2. The summed E-state index contributed by atoms with van der Waals surface area (Å²) in [6.07, 6.45) is 0. The number of aryl methyl sites for hydroxylation is 1. The highest BCUT2D eigenvalue weighted by Crippen LogP contribution is 2.22. The molecule has 0 spiro atoms. The Morgan fingerprint density at radius 3 is 2.88 bits per heavy atom. The molecule has 96 valence electrons. The highest BCUT2D eigenvalue weighted by molar-refractivity contribution is 7.14. The van der Waals surface area contributed by atoms with Crippen molar-refractivity contribution in [3.8, 4) is 0 Å². The summed E-state index contributed by atoms with van der Waals surface area (Å²) < 4.78 is 0. The van der Waals surface area contributed by atoms with Crippen molar-refractivity contribution < 1.29 is 0 Å². The van der Waals surface area contributed by atoms with E-state index >= 15 is 0 Å². The molecule has 1 aromatic rings. The Morgan fingerprint density at radius 2 is 2.24 bits per heavy atom. The number of hydrogen-bond acceptors (Lipinski definition) is 4. The summed E-state index contributed by atoms with van der Waals surface area (Å²) in [6.45, 7) is 11.5. The van der Waals surface area contributed by atoms with Crippen molar-refractivity contribution in [1.82, 2.24) is 10.2 Å². The first-order valence-electron chi connectivity index (χ1n) is 6.47. The first-order valence-corrected chi connectivity index (χ1v) is 7.34. The molecule has 0 aromatic carbocycles. The summed E-state index contributed by atoms with van der Waals surface area (Å²) in [5.74, 6) is 0.703. The fraction of sp³-hybridized carbons (Fsp3) is 0.692. The predicted molar refractivity (Wildman–Crippen MR) is 76.0 cm³/mol. The molecule has 2 N–H and O–H groups in total. The van der Waals surface area contributed by atoms with Gasteiger partial charge in [-0.15, -0.1) is 11.3 Å². The van der Waals surface area contributed by atoms with Crippen LogP contribution in [0.4, 0.5) is 5.00 Å². The van der Waals surface area contributed by atoms with Gasteiger partial charge in [-0.3, -0.25) is 0 Å². The molecule has 3 nitrogen and oxygen atoms in total. The van der Waals surface area contributed by atoms with Gasteiger partial charge in [0.25, 0.3) is 0 Å². The summed E-state index contributed by atoms with van der Waals surface area (Å²) in [7, 11) is 0. The van der Waals surface area contributed by atoms with Gasteiger partial charge in [0.15, 0.2) is 0 Å². The predicted octanol–water partition coefficient (Wildman–Crippen LogP) is 2.01. The van der Waals surface area contributed by atoms with Gasteiger partial charge in [-0.2, -0.15) is 0 Å². The highest BCUT2D eigenvalue weighted by atomic mass is 32.1. The molecule has 0 aliphatic carbocycles. The fourth-order valence-electron chi connectivity index (χ4n) is 2.22. The second-order valence-corrected chi connectivity index (χ2v) is 5.89.